The third kappa shape index (κ3) is 8.09. The summed E-state index contributed by atoms with van der Waals surface area (Å²) < 4.78 is 61.6. The molecular weight excluding hydrogens is 506 g/mol. The van der Waals surface area contributed by atoms with Crippen molar-refractivity contribution in [3.8, 4) is 0 Å². The molecule has 0 N–H and O–H groups in total. The Morgan fingerprint density at radius 3 is 2.03 bits per heavy atom. The highest BCUT2D eigenvalue weighted by atomic mass is 31.2. The van der Waals surface area contributed by atoms with Gasteiger partial charge in [0.15, 0.2) is 0 Å². The number of rotatable bonds is 14. The Balaban J connectivity index is 1.85. The van der Waals surface area contributed by atoms with Crippen LogP contribution >= 0.6 is 15.0 Å². The van der Waals surface area contributed by atoms with E-state index in [-0.39, 0.29) is 26.4 Å². The first-order valence-corrected chi connectivity index (χ1v) is 15.5. The number of esters is 1. The molecule has 9 nitrogen and oxygen atoms in total. The molecule has 198 valence electrons. The van der Waals surface area contributed by atoms with Gasteiger partial charge in [0.1, 0.15) is 18.1 Å². The molecule has 3 rings (SSSR count). The van der Waals surface area contributed by atoms with Gasteiger partial charge in [-0.25, -0.2) is 0 Å². The van der Waals surface area contributed by atoms with Crippen molar-refractivity contribution < 1.29 is 41.7 Å². The van der Waals surface area contributed by atoms with Crippen LogP contribution in [0, 0.1) is 0 Å². The fourth-order valence-corrected chi connectivity index (χ4v) is 10.0. The van der Waals surface area contributed by atoms with Crippen molar-refractivity contribution in [2.45, 2.75) is 52.0 Å². The molecule has 1 aliphatic heterocycles. The van der Waals surface area contributed by atoms with Gasteiger partial charge in [0.25, 0.3) is 7.37 Å². The van der Waals surface area contributed by atoms with E-state index in [4.69, 9.17) is 27.8 Å². The van der Waals surface area contributed by atoms with Crippen molar-refractivity contribution in [1.29, 1.82) is 0 Å². The average Bonchev–Trinajstić information content (AvgIpc) is 3.08. The highest BCUT2D eigenvalue weighted by Crippen LogP contribution is 2.70. The minimum Gasteiger partial charge on any atom is -0.449 e. The van der Waals surface area contributed by atoms with E-state index in [9.17, 15) is 13.9 Å². The van der Waals surface area contributed by atoms with Gasteiger partial charge in [-0.2, -0.15) is 0 Å². The smallest absolute Gasteiger partial charge is 0.340 e. The molecule has 2 aromatic carbocycles. The zero-order chi connectivity index (χ0) is 26.0. The van der Waals surface area contributed by atoms with Crippen LogP contribution in [0.4, 0.5) is 0 Å². The highest BCUT2D eigenvalue weighted by molar-refractivity contribution is 7.74. The molecule has 0 bridgehead atoms. The van der Waals surface area contributed by atoms with Crippen LogP contribution in [0.5, 0.6) is 0 Å². The summed E-state index contributed by atoms with van der Waals surface area (Å²) in [6.45, 7) is 5.19. The Hall–Kier alpha value is -1.83. The van der Waals surface area contributed by atoms with E-state index in [0.717, 1.165) is 11.1 Å². The van der Waals surface area contributed by atoms with Gasteiger partial charge in [-0.3, -0.25) is 13.9 Å². The van der Waals surface area contributed by atoms with Gasteiger partial charge in [-0.1, -0.05) is 60.7 Å². The highest BCUT2D eigenvalue weighted by Gasteiger charge is 2.58. The summed E-state index contributed by atoms with van der Waals surface area (Å²) in [5, 5.41) is 0. The topological polar surface area (TPSA) is 107 Å². The summed E-state index contributed by atoms with van der Waals surface area (Å²) in [7, 11) is -7.72. The lowest BCUT2D eigenvalue weighted by Gasteiger charge is -2.25. The second-order valence-electron chi connectivity index (χ2n) is 8.22. The number of ether oxygens (including phenoxy) is 3. The Labute approximate surface area is 212 Å². The maximum atomic E-state index is 14.1. The summed E-state index contributed by atoms with van der Waals surface area (Å²) in [6.07, 6.45) is -1.77. The Bertz CT molecular complexity index is 1040. The van der Waals surface area contributed by atoms with Crippen molar-refractivity contribution in [2.24, 2.45) is 0 Å². The standard InChI is InChI=1S/C25H34O9P2/c1-4-31-36(28,32-5-2)19-35(27)25(33-20(3)26)24(30-17-22-14-10-7-11-15-22)23(34-35)18-29-16-21-12-8-6-9-13-21/h6-15,23-25H,4-5,16-19H2,1-3H3/t23-,24-,25-,35-/m1/s1. The van der Waals surface area contributed by atoms with Gasteiger partial charge in [0.2, 0.25) is 5.85 Å². The van der Waals surface area contributed by atoms with Crippen molar-refractivity contribution in [3.63, 3.8) is 0 Å². The Morgan fingerprint density at radius 1 is 0.944 bits per heavy atom. The third-order valence-corrected chi connectivity index (χ3v) is 11.4. The molecule has 0 saturated carbocycles. The monoisotopic (exact) mass is 540 g/mol. The van der Waals surface area contributed by atoms with Gasteiger partial charge in [-0.05, 0) is 25.0 Å². The van der Waals surface area contributed by atoms with Gasteiger partial charge in [0.05, 0.1) is 33.0 Å². The Kier molecular flexibility index (Phi) is 10.9. The number of carbonyl (C=O) groups excluding carboxylic acids is 1. The molecule has 0 amide bonds. The van der Waals surface area contributed by atoms with E-state index >= 15 is 0 Å². The van der Waals surface area contributed by atoms with E-state index in [0.29, 0.717) is 6.61 Å². The van der Waals surface area contributed by atoms with Crippen LogP contribution in [0.1, 0.15) is 31.9 Å². The molecule has 11 heteroatoms. The lowest BCUT2D eigenvalue weighted by Crippen LogP contribution is -2.37. The second-order valence-corrected chi connectivity index (χ2v) is 13.3. The molecule has 2 aromatic rings. The van der Waals surface area contributed by atoms with Crippen LogP contribution < -0.4 is 0 Å². The molecule has 0 aromatic heterocycles. The summed E-state index contributed by atoms with van der Waals surface area (Å²) in [6, 6.07) is 19.0. The van der Waals surface area contributed by atoms with Crippen molar-refractivity contribution in [1.82, 2.24) is 0 Å². The van der Waals surface area contributed by atoms with Crippen LogP contribution in [0.15, 0.2) is 60.7 Å². The minimum atomic E-state index is -3.92. The average molecular weight is 540 g/mol. The molecule has 1 heterocycles. The molecule has 1 aliphatic rings. The molecule has 0 radical (unpaired) electrons. The van der Waals surface area contributed by atoms with Crippen molar-refractivity contribution >= 4 is 20.9 Å². The number of hydrogen-bond donors (Lipinski definition) is 0. The molecule has 1 saturated heterocycles. The predicted octanol–water partition coefficient (Wildman–Crippen LogP) is 5.58. The van der Waals surface area contributed by atoms with Crippen molar-refractivity contribution in [3.05, 3.63) is 71.8 Å². The van der Waals surface area contributed by atoms with E-state index in [2.05, 4.69) is 0 Å². The van der Waals surface area contributed by atoms with Crippen LogP contribution in [0.3, 0.4) is 0 Å². The predicted molar refractivity (Wildman–Crippen MR) is 135 cm³/mol. The maximum absolute atomic E-state index is 14.1. The van der Waals surface area contributed by atoms with Gasteiger partial charge in [-0.15, -0.1) is 0 Å². The normalized spacial score (nSPS) is 24.0. The van der Waals surface area contributed by atoms with Gasteiger partial charge < -0.3 is 27.8 Å². The van der Waals surface area contributed by atoms with Crippen LogP contribution in [-0.4, -0.2) is 49.7 Å². The van der Waals surface area contributed by atoms with Crippen LogP contribution in [0.25, 0.3) is 0 Å². The fourth-order valence-electron chi connectivity index (χ4n) is 3.89. The summed E-state index contributed by atoms with van der Waals surface area (Å²) in [5.41, 5.74) is 1.83. The lowest BCUT2D eigenvalue weighted by atomic mass is 10.2. The zero-order valence-electron chi connectivity index (χ0n) is 20.8. The SMILES string of the molecule is CCOP(=O)(C[P@@]1(=O)O[C@H](COCc2ccccc2)[C@@H](OCc2ccccc2)[C@@H]1OC(C)=O)OCC. The first kappa shape index (κ1) is 28.7. The zero-order valence-corrected chi connectivity index (χ0v) is 22.6. The minimum absolute atomic E-state index is 0.0175. The largest absolute Gasteiger partial charge is 0.449 e. The number of hydrogen-bond acceptors (Lipinski definition) is 9. The number of benzene rings is 2. The second kappa shape index (κ2) is 13.6. The Morgan fingerprint density at radius 2 is 1.50 bits per heavy atom. The van der Waals surface area contributed by atoms with Gasteiger partial charge >= 0.3 is 13.6 Å². The van der Waals surface area contributed by atoms with Crippen LogP contribution in [-0.2, 0) is 54.9 Å². The summed E-state index contributed by atoms with van der Waals surface area (Å²) in [4.78, 5) is 12.0. The van der Waals surface area contributed by atoms with Crippen LogP contribution in [0.2, 0.25) is 0 Å². The lowest BCUT2D eigenvalue weighted by molar-refractivity contribution is -0.150. The fraction of sp³-hybridized carbons (Fsp3) is 0.480. The quantitative estimate of drug-likeness (QED) is 0.224. The first-order chi connectivity index (χ1) is 17.3. The van der Waals surface area contributed by atoms with E-state index in [1.54, 1.807) is 13.8 Å². The molecule has 36 heavy (non-hydrogen) atoms. The number of carbonyl (C=O) groups is 1. The van der Waals surface area contributed by atoms with E-state index < -0.39 is 44.9 Å². The summed E-state index contributed by atoms with van der Waals surface area (Å²) >= 11 is 0. The van der Waals surface area contributed by atoms with Gasteiger partial charge in [0, 0.05) is 6.92 Å². The summed E-state index contributed by atoms with van der Waals surface area (Å²) in [5.74, 6) is -2.50. The third-order valence-electron chi connectivity index (χ3n) is 5.34. The van der Waals surface area contributed by atoms with E-state index in [1.165, 1.54) is 6.92 Å². The molecule has 0 unspecified atom stereocenters. The molecule has 1 fully saturated rings. The van der Waals surface area contributed by atoms with E-state index in [1.807, 2.05) is 60.7 Å². The maximum Gasteiger partial charge on any atom is 0.340 e. The molecular formula is C25H34O9P2. The molecule has 0 spiro atoms. The first-order valence-electron chi connectivity index (χ1n) is 11.9. The van der Waals surface area contributed by atoms with Crippen molar-refractivity contribution in [2.75, 3.05) is 25.7 Å². The molecule has 0 aliphatic carbocycles. The molecule has 4 atom stereocenters.